The van der Waals surface area contributed by atoms with Gasteiger partial charge >= 0.3 is 5.97 Å². The number of piperazine rings is 1. The topological polar surface area (TPSA) is 238 Å². The van der Waals surface area contributed by atoms with Crippen molar-refractivity contribution < 1.29 is 38.3 Å². The molecule has 21 nitrogen and oxygen atoms in total. The molecule has 0 saturated carbocycles. The molecule has 2 atom stereocenters. The molecule has 1 unspecified atom stereocenters. The summed E-state index contributed by atoms with van der Waals surface area (Å²) in [4.78, 5) is 93.5. The first-order chi connectivity index (χ1) is 38.9. The number of carboxylic acids is 1. The highest BCUT2D eigenvalue weighted by molar-refractivity contribution is 7.15. The molecule has 24 heteroatoms. The summed E-state index contributed by atoms with van der Waals surface area (Å²) in [5, 5.41) is 34.9. The lowest BCUT2D eigenvalue weighted by Gasteiger charge is -2.43. The quantitative estimate of drug-likeness (QED) is 0.133. The first-order valence-corrected chi connectivity index (χ1v) is 28.4. The van der Waals surface area contributed by atoms with Gasteiger partial charge in [0.2, 0.25) is 29.5 Å². The number of benzene rings is 3. The van der Waals surface area contributed by atoms with Crippen molar-refractivity contribution in [1.29, 1.82) is 0 Å². The van der Waals surface area contributed by atoms with Gasteiger partial charge in [-0.25, -0.2) is 4.39 Å². The Labute approximate surface area is 474 Å². The lowest BCUT2D eigenvalue weighted by molar-refractivity contribution is -0.147. The van der Waals surface area contributed by atoms with Crippen LogP contribution >= 0.6 is 22.9 Å². The molecule has 3 aromatic carbocycles. The summed E-state index contributed by atoms with van der Waals surface area (Å²) in [6.45, 7) is 7.61. The minimum absolute atomic E-state index is 0.0135. The number of aliphatic imine (C=N–C) groups is 1. The van der Waals surface area contributed by atoms with Crippen LogP contribution in [0.15, 0.2) is 65.8 Å². The van der Waals surface area contributed by atoms with E-state index in [0.29, 0.717) is 115 Å². The molecular weight excluding hydrogens is 1080 g/mol. The van der Waals surface area contributed by atoms with Crippen molar-refractivity contribution >= 4 is 86.0 Å². The largest absolute Gasteiger partial charge is 0.480 e. The number of aryl methyl sites for hydroxylation is 3. The number of fused-ring (bicyclic) bond motifs is 5. The summed E-state index contributed by atoms with van der Waals surface area (Å²) in [6, 6.07) is 15.0. The van der Waals surface area contributed by atoms with Crippen LogP contribution < -0.4 is 10.6 Å². The van der Waals surface area contributed by atoms with Crippen molar-refractivity contribution in [3.05, 3.63) is 111 Å². The number of piperidine rings is 2. The van der Waals surface area contributed by atoms with Gasteiger partial charge in [0.15, 0.2) is 5.82 Å². The van der Waals surface area contributed by atoms with Gasteiger partial charge in [-0.1, -0.05) is 35.9 Å². The zero-order valence-electron chi connectivity index (χ0n) is 45.6. The number of nitrogens with one attached hydrogen (secondary N) is 2. The number of carbonyl (C=O) groups excluding carboxylic acids is 5. The van der Waals surface area contributed by atoms with Crippen LogP contribution in [0.1, 0.15) is 83.0 Å². The average molecular weight is 1140 g/mol. The van der Waals surface area contributed by atoms with Crippen molar-refractivity contribution in [2.75, 3.05) is 66.0 Å². The van der Waals surface area contributed by atoms with Gasteiger partial charge in [-0.05, 0) is 95.0 Å². The molecule has 0 radical (unpaired) electrons. The van der Waals surface area contributed by atoms with Gasteiger partial charge in [-0.2, -0.15) is 10.2 Å². The molecule has 3 fully saturated rings. The van der Waals surface area contributed by atoms with Gasteiger partial charge in [0.1, 0.15) is 41.8 Å². The van der Waals surface area contributed by atoms with Gasteiger partial charge < -0.3 is 30.4 Å². The Balaban J connectivity index is 0.747. The number of aromatic nitrogens is 7. The molecule has 4 aliphatic heterocycles. The van der Waals surface area contributed by atoms with E-state index in [2.05, 4.69) is 39.8 Å². The van der Waals surface area contributed by atoms with Crippen LogP contribution in [0.3, 0.4) is 0 Å². The normalized spacial score (nSPS) is 18.2. The van der Waals surface area contributed by atoms with Crippen molar-refractivity contribution in [1.82, 2.24) is 64.6 Å². The monoisotopic (exact) mass is 1140 g/mol. The van der Waals surface area contributed by atoms with E-state index < -0.39 is 48.8 Å². The third-order valence-corrected chi connectivity index (χ3v) is 17.9. The summed E-state index contributed by atoms with van der Waals surface area (Å²) in [7, 11) is 3.69. The van der Waals surface area contributed by atoms with E-state index >= 15 is 4.39 Å². The van der Waals surface area contributed by atoms with Crippen molar-refractivity contribution in [2.24, 2.45) is 18.0 Å². The fraction of sp³-hybridized carbons (Fsp3) is 0.421. The number of carbonyl (C=O) groups is 6. The number of carboxylic acid groups (broad SMARTS) is 1. The van der Waals surface area contributed by atoms with Crippen LogP contribution in [0.25, 0.3) is 37.9 Å². The number of aliphatic carboxylic acids is 1. The third kappa shape index (κ3) is 10.8. The van der Waals surface area contributed by atoms with Gasteiger partial charge in [-0.15, -0.1) is 21.5 Å². The fourth-order valence-electron chi connectivity index (χ4n) is 11.9. The highest BCUT2D eigenvalue weighted by Crippen LogP contribution is 2.42. The molecule has 0 aliphatic carbocycles. The smallest absolute Gasteiger partial charge is 0.322 e. The minimum Gasteiger partial charge on any atom is -0.480 e. The number of nitrogens with zero attached hydrogens (tertiary/aromatic N) is 12. The summed E-state index contributed by atoms with van der Waals surface area (Å²) in [6.07, 6.45) is 3.70. The Morgan fingerprint density at radius 2 is 1.53 bits per heavy atom. The minimum atomic E-state index is -1.22. The molecule has 3 saturated heterocycles. The molecule has 422 valence electrons. The van der Waals surface area contributed by atoms with E-state index in [9.17, 15) is 28.8 Å². The SMILES string of the molecule is Cc1sc2c(c1C)C(c1ccc(Cl)cc1)=N[C@@H](CC(=O)N1CCC(C(=O)N3CCN(C)C(C(=O)N4CCC(c5nn(CC(=O)NCC(=O)NCC(=O)O)c6cccc(-c7cc8c(cnn8C)cc7F)c56)CC4)C3)CC1)c1nnc(C)n1-2. The van der Waals surface area contributed by atoms with E-state index in [1.807, 2.05) is 68.5 Å². The molecule has 0 spiro atoms. The van der Waals surface area contributed by atoms with Gasteiger partial charge in [0.25, 0.3) is 0 Å². The van der Waals surface area contributed by atoms with Crippen LogP contribution in [0, 0.1) is 32.5 Å². The number of hydrogen-bond acceptors (Lipinski definition) is 13. The van der Waals surface area contributed by atoms with Crippen LogP contribution in [-0.4, -0.2) is 172 Å². The van der Waals surface area contributed by atoms with Gasteiger partial charge in [0.05, 0.1) is 41.6 Å². The number of halogens is 2. The molecule has 7 aromatic rings. The summed E-state index contributed by atoms with van der Waals surface area (Å²) >= 11 is 7.97. The van der Waals surface area contributed by atoms with E-state index in [1.54, 1.807) is 47.5 Å². The molecule has 3 N–H and O–H groups in total. The lowest BCUT2D eigenvalue weighted by Crippen LogP contribution is -2.61. The Hall–Kier alpha value is -7.89. The van der Waals surface area contributed by atoms with Crippen molar-refractivity contribution in [3.63, 3.8) is 0 Å². The molecule has 81 heavy (non-hydrogen) atoms. The maximum atomic E-state index is 16.1. The second kappa shape index (κ2) is 22.6. The van der Waals surface area contributed by atoms with Crippen LogP contribution in [0.2, 0.25) is 5.02 Å². The molecule has 5 amide bonds. The Morgan fingerprint density at radius 3 is 2.27 bits per heavy atom. The molecule has 0 bridgehead atoms. The Kier molecular flexibility index (Phi) is 15.3. The van der Waals surface area contributed by atoms with E-state index in [4.69, 9.17) is 26.8 Å². The summed E-state index contributed by atoms with van der Waals surface area (Å²) < 4.78 is 21.4. The van der Waals surface area contributed by atoms with Gasteiger partial charge in [-0.3, -0.25) is 52.6 Å². The molecular formula is C57H62ClFN14O7S. The van der Waals surface area contributed by atoms with Crippen LogP contribution in [0.5, 0.6) is 0 Å². The number of hydrogen-bond donors (Lipinski definition) is 3. The molecule has 11 rings (SSSR count). The van der Waals surface area contributed by atoms with Crippen LogP contribution in [0.4, 0.5) is 4.39 Å². The van der Waals surface area contributed by atoms with Gasteiger partial charge in [0, 0.05) is 102 Å². The maximum Gasteiger partial charge on any atom is 0.322 e. The molecule has 4 aliphatic rings. The van der Waals surface area contributed by atoms with E-state index in [0.717, 1.165) is 37.8 Å². The third-order valence-electron chi connectivity index (χ3n) is 16.5. The fourth-order valence-corrected chi connectivity index (χ4v) is 13.2. The van der Waals surface area contributed by atoms with E-state index in [1.165, 1.54) is 10.7 Å². The van der Waals surface area contributed by atoms with E-state index in [-0.39, 0.29) is 49.1 Å². The summed E-state index contributed by atoms with van der Waals surface area (Å²) in [5.74, 6) is -2.23. The Bertz CT molecular complexity index is 3690. The molecule has 4 aromatic heterocycles. The zero-order chi connectivity index (χ0) is 57.0. The van der Waals surface area contributed by atoms with Crippen molar-refractivity contribution in [2.45, 2.75) is 77.4 Å². The number of amides is 5. The predicted molar refractivity (Wildman–Crippen MR) is 302 cm³/mol. The number of rotatable bonds is 13. The molecule has 8 heterocycles. The van der Waals surface area contributed by atoms with Crippen molar-refractivity contribution in [3.8, 4) is 16.1 Å². The second-order valence-electron chi connectivity index (χ2n) is 21.5. The highest BCUT2D eigenvalue weighted by atomic mass is 35.5. The predicted octanol–water partition coefficient (Wildman–Crippen LogP) is 5.34. The first-order valence-electron chi connectivity index (χ1n) is 27.2. The standard InChI is InChI=1S/C57H62ClFN14O7S/c1-31-32(2)81-57-50(31)52(34-9-11-38(58)12-10-34)63-42(54-65-64-33(3)73(54)57)25-48(76)69-17-15-36(16-18-69)55(79)71-22-21-67(4)45(29-71)56(80)70-19-13-35(14-20-70)53-51-39(40-24-44-37(23-41(40)59)26-62-68(44)5)7-6-8-43(51)72(66-53)30-47(75)60-27-46(74)61-28-49(77)78/h6-12,23-24,26,35-36,42,45H,13-22,25,27-30H2,1-5H3,(H,60,75)(H,61,74)(H,77,78)/t42-,45?/m0/s1. The highest BCUT2D eigenvalue weighted by Gasteiger charge is 2.40. The number of likely N-dealkylation sites (tertiary alicyclic amines) is 2. The Morgan fingerprint density at radius 1 is 0.802 bits per heavy atom. The average Bonchev–Trinajstić information content (AvgIpc) is 4.42. The first kappa shape index (κ1) is 55.0. The van der Waals surface area contributed by atoms with Crippen LogP contribution in [-0.2, 0) is 42.4 Å². The lowest BCUT2D eigenvalue weighted by atomic mass is 9.88. The summed E-state index contributed by atoms with van der Waals surface area (Å²) in [5.41, 5.74) is 6.60. The number of thiophene rings is 1. The zero-order valence-corrected chi connectivity index (χ0v) is 47.2. The second-order valence-corrected chi connectivity index (χ2v) is 23.1. The maximum absolute atomic E-state index is 16.1. The number of likely N-dealkylation sites (N-methyl/N-ethyl adjacent to an activating group) is 1.